The number of thiophene rings is 2. The van der Waals surface area contributed by atoms with E-state index in [1.54, 1.807) is 29.0 Å². The van der Waals surface area contributed by atoms with Crippen molar-refractivity contribution in [3.05, 3.63) is 34.5 Å². The van der Waals surface area contributed by atoms with Gasteiger partial charge in [-0.3, -0.25) is 4.79 Å². The highest BCUT2D eigenvalue weighted by atomic mass is 32.2. The van der Waals surface area contributed by atoms with Crippen LogP contribution in [-0.4, -0.2) is 44.8 Å². The van der Waals surface area contributed by atoms with Crippen LogP contribution >= 0.6 is 22.7 Å². The number of hydrogen-bond donors (Lipinski definition) is 1. The van der Waals surface area contributed by atoms with Gasteiger partial charge in [0.15, 0.2) is 0 Å². The van der Waals surface area contributed by atoms with Gasteiger partial charge in [0.05, 0.1) is 12.7 Å². The van der Waals surface area contributed by atoms with Gasteiger partial charge in [0, 0.05) is 19.0 Å². The van der Waals surface area contributed by atoms with E-state index in [2.05, 4.69) is 5.32 Å². The summed E-state index contributed by atoms with van der Waals surface area (Å²) >= 11 is 2.44. The van der Waals surface area contributed by atoms with Gasteiger partial charge < -0.3 is 10.1 Å². The van der Waals surface area contributed by atoms with Crippen molar-refractivity contribution in [1.29, 1.82) is 0 Å². The SMILES string of the molecule is COC(=O)c1ccsc1NC(=O)C1CCN(S(=O)(=O)c2cccs2)CC1. The third kappa shape index (κ3) is 3.83. The van der Waals surface area contributed by atoms with Crippen LogP contribution < -0.4 is 5.32 Å². The summed E-state index contributed by atoms with van der Waals surface area (Å²) in [5, 5.41) is 6.66. The molecule has 1 aliphatic heterocycles. The Morgan fingerprint density at radius 2 is 1.92 bits per heavy atom. The molecular formula is C16H18N2O5S3. The second-order valence-corrected chi connectivity index (χ2v) is 9.78. The average molecular weight is 415 g/mol. The zero-order valence-corrected chi connectivity index (χ0v) is 16.5. The number of nitrogens with one attached hydrogen (secondary N) is 1. The molecule has 140 valence electrons. The smallest absolute Gasteiger partial charge is 0.340 e. The molecule has 2 aromatic heterocycles. The molecule has 0 aromatic carbocycles. The van der Waals surface area contributed by atoms with E-state index in [-0.39, 0.29) is 11.8 Å². The molecule has 1 aliphatic rings. The summed E-state index contributed by atoms with van der Waals surface area (Å²) in [5.74, 6) is -0.999. The van der Waals surface area contributed by atoms with Crippen molar-refractivity contribution in [2.75, 3.05) is 25.5 Å². The molecule has 26 heavy (non-hydrogen) atoms. The fraction of sp³-hybridized carbons (Fsp3) is 0.375. The van der Waals surface area contributed by atoms with Crippen LogP contribution in [0.4, 0.5) is 5.00 Å². The van der Waals surface area contributed by atoms with Gasteiger partial charge >= 0.3 is 5.97 Å². The molecule has 1 saturated heterocycles. The fourth-order valence-corrected chi connectivity index (χ4v) is 6.18. The molecule has 0 unspecified atom stereocenters. The first kappa shape index (κ1) is 19.0. The molecule has 1 N–H and O–H groups in total. The highest BCUT2D eigenvalue weighted by Crippen LogP contribution is 2.29. The lowest BCUT2D eigenvalue weighted by Crippen LogP contribution is -2.41. The lowest BCUT2D eigenvalue weighted by molar-refractivity contribution is -0.120. The molecule has 0 saturated carbocycles. The number of piperidine rings is 1. The predicted molar refractivity (Wildman–Crippen MR) is 100 cm³/mol. The summed E-state index contributed by atoms with van der Waals surface area (Å²) in [6.45, 7) is 0.596. The maximum atomic E-state index is 12.5. The minimum Gasteiger partial charge on any atom is -0.465 e. The van der Waals surface area contributed by atoms with Crippen molar-refractivity contribution in [1.82, 2.24) is 4.31 Å². The van der Waals surface area contributed by atoms with Gasteiger partial charge in [0.25, 0.3) is 10.0 Å². The Morgan fingerprint density at radius 3 is 2.54 bits per heavy atom. The molecule has 1 fully saturated rings. The zero-order chi connectivity index (χ0) is 18.7. The third-order valence-electron chi connectivity index (χ3n) is 4.22. The molecule has 0 spiro atoms. The van der Waals surface area contributed by atoms with E-state index < -0.39 is 16.0 Å². The van der Waals surface area contributed by atoms with Gasteiger partial charge in [-0.2, -0.15) is 4.31 Å². The quantitative estimate of drug-likeness (QED) is 0.759. The van der Waals surface area contributed by atoms with Crippen LogP contribution in [0.5, 0.6) is 0 Å². The van der Waals surface area contributed by atoms with Crippen molar-refractivity contribution in [3.8, 4) is 0 Å². The Labute approximate surface area is 159 Å². The molecule has 7 nitrogen and oxygen atoms in total. The van der Waals surface area contributed by atoms with Crippen LogP contribution in [0.3, 0.4) is 0 Å². The van der Waals surface area contributed by atoms with Gasteiger partial charge in [-0.15, -0.1) is 22.7 Å². The molecule has 10 heteroatoms. The largest absolute Gasteiger partial charge is 0.465 e. The lowest BCUT2D eigenvalue weighted by atomic mass is 9.97. The maximum Gasteiger partial charge on any atom is 0.340 e. The second-order valence-electron chi connectivity index (χ2n) is 5.75. The number of esters is 1. The molecule has 0 aliphatic carbocycles. The van der Waals surface area contributed by atoms with Gasteiger partial charge in [-0.1, -0.05) is 6.07 Å². The van der Waals surface area contributed by atoms with Crippen LogP contribution in [0.15, 0.2) is 33.2 Å². The first-order valence-corrected chi connectivity index (χ1v) is 11.1. The number of nitrogens with zero attached hydrogens (tertiary/aromatic N) is 1. The minimum absolute atomic E-state index is 0.203. The minimum atomic E-state index is -3.48. The highest BCUT2D eigenvalue weighted by Gasteiger charge is 2.33. The van der Waals surface area contributed by atoms with Crippen LogP contribution in [0.25, 0.3) is 0 Å². The summed E-state index contributed by atoms with van der Waals surface area (Å²) in [6.07, 6.45) is 0.880. The molecule has 1 amide bonds. The van der Waals surface area contributed by atoms with Crippen molar-refractivity contribution >= 4 is 49.6 Å². The molecular weight excluding hydrogens is 396 g/mol. The number of sulfonamides is 1. The fourth-order valence-electron chi connectivity index (χ4n) is 2.79. The first-order chi connectivity index (χ1) is 12.4. The van der Waals surface area contributed by atoms with E-state index in [9.17, 15) is 18.0 Å². The van der Waals surface area contributed by atoms with Crippen LogP contribution in [0.1, 0.15) is 23.2 Å². The average Bonchev–Trinajstić information content (AvgIpc) is 3.33. The maximum absolute atomic E-state index is 12.5. The molecule has 0 atom stereocenters. The van der Waals surface area contributed by atoms with Crippen molar-refractivity contribution in [2.45, 2.75) is 17.1 Å². The number of methoxy groups -OCH3 is 1. The van der Waals surface area contributed by atoms with E-state index in [4.69, 9.17) is 4.74 Å². The topological polar surface area (TPSA) is 92.8 Å². The molecule has 3 rings (SSSR count). The number of carbonyl (C=O) groups is 2. The third-order valence-corrected chi connectivity index (χ3v) is 8.32. The van der Waals surface area contributed by atoms with Gasteiger partial charge in [-0.05, 0) is 35.7 Å². The molecule has 0 bridgehead atoms. The highest BCUT2D eigenvalue weighted by molar-refractivity contribution is 7.91. The van der Waals surface area contributed by atoms with Gasteiger partial charge in [-0.25, -0.2) is 13.2 Å². The van der Waals surface area contributed by atoms with Crippen molar-refractivity contribution in [2.24, 2.45) is 5.92 Å². The summed E-state index contributed by atoms with van der Waals surface area (Å²) in [4.78, 5) is 24.2. The van der Waals surface area contributed by atoms with E-state index >= 15 is 0 Å². The monoisotopic (exact) mass is 414 g/mol. The summed E-state index contributed by atoms with van der Waals surface area (Å²) < 4.78 is 31.5. The van der Waals surface area contributed by atoms with Crippen molar-refractivity contribution < 1.29 is 22.7 Å². The van der Waals surface area contributed by atoms with Crippen LogP contribution in [0.2, 0.25) is 0 Å². The Hall–Kier alpha value is -1.75. The summed E-state index contributed by atoms with van der Waals surface area (Å²) in [7, 11) is -2.19. The number of amides is 1. The van der Waals surface area contributed by atoms with E-state index in [1.807, 2.05) is 0 Å². The molecule has 0 radical (unpaired) electrons. The zero-order valence-electron chi connectivity index (χ0n) is 14.0. The summed E-state index contributed by atoms with van der Waals surface area (Å²) in [5.41, 5.74) is 0.323. The van der Waals surface area contributed by atoms with E-state index in [1.165, 1.54) is 34.1 Å². The van der Waals surface area contributed by atoms with E-state index in [0.29, 0.717) is 40.7 Å². The lowest BCUT2D eigenvalue weighted by Gasteiger charge is -2.30. The Kier molecular flexibility index (Phi) is 5.76. The van der Waals surface area contributed by atoms with Crippen LogP contribution in [-0.2, 0) is 19.6 Å². The molecule has 3 heterocycles. The molecule has 2 aromatic rings. The number of anilines is 1. The van der Waals surface area contributed by atoms with Crippen LogP contribution in [0, 0.1) is 5.92 Å². The Balaban J connectivity index is 1.61. The number of carbonyl (C=O) groups excluding carboxylic acids is 2. The standard InChI is InChI=1S/C16H18N2O5S3/c1-23-16(20)12-6-10-25-15(12)17-14(19)11-4-7-18(8-5-11)26(21,22)13-3-2-9-24-13/h2-3,6,9-11H,4-5,7-8H2,1H3,(H,17,19). The van der Waals surface area contributed by atoms with Gasteiger partial charge in [0.2, 0.25) is 5.91 Å². The van der Waals surface area contributed by atoms with Crippen molar-refractivity contribution in [3.63, 3.8) is 0 Å². The Morgan fingerprint density at radius 1 is 1.19 bits per heavy atom. The number of ether oxygens (including phenoxy) is 1. The number of rotatable bonds is 5. The van der Waals surface area contributed by atoms with Gasteiger partial charge in [0.1, 0.15) is 9.21 Å². The second kappa shape index (κ2) is 7.87. The number of hydrogen-bond acceptors (Lipinski definition) is 7. The predicted octanol–water partition coefficient (Wildman–Crippen LogP) is 2.64. The summed E-state index contributed by atoms with van der Waals surface area (Å²) in [6, 6.07) is 4.89. The Bertz CT molecular complexity index is 881. The first-order valence-electron chi connectivity index (χ1n) is 7.94. The van der Waals surface area contributed by atoms with E-state index in [0.717, 1.165) is 0 Å². The normalized spacial score (nSPS) is 16.3.